The first-order valence-corrected chi connectivity index (χ1v) is 13.5. The minimum Gasteiger partial charge on any atom is -0.486 e. The molecule has 36 heavy (non-hydrogen) atoms. The zero-order chi connectivity index (χ0) is 25.1. The molecule has 4 aromatic rings. The summed E-state index contributed by atoms with van der Waals surface area (Å²) in [5.41, 5.74) is 3.89. The smallest absolute Gasteiger partial charge is 0.264 e. The number of rotatable bonds is 6. The highest BCUT2D eigenvalue weighted by molar-refractivity contribution is 9.10. The Kier molecular flexibility index (Phi) is 7.46. The molecule has 1 aliphatic heterocycles. The van der Waals surface area contributed by atoms with Crippen molar-refractivity contribution in [3.05, 3.63) is 110 Å². The van der Waals surface area contributed by atoms with Gasteiger partial charge in [0.25, 0.3) is 5.91 Å². The maximum absolute atomic E-state index is 12.5. The Bertz CT molecular complexity index is 1490. The van der Waals surface area contributed by atoms with E-state index >= 15 is 0 Å². The van der Waals surface area contributed by atoms with Gasteiger partial charge in [0.2, 0.25) is 0 Å². The van der Waals surface area contributed by atoms with Crippen molar-refractivity contribution in [1.82, 2.24) is 5.32 Å². The lowest BCUT2D eigenvalue weighted by molar-refractivity contribution is -0.115. The number of hydrogen-bond donors (Lipinski definition) is 1. The van der Waals surface area contributed by atoms with E-state index in [2.05, 4.69) is 63.5 Å². The number of aryl methyl sites for hydroxylation is 1. The van der Waals surface area contributed by atoms with E-state index in [4.69, 9.17) is 16.3 Å². The monoisotopic (exact) mass is 576 g/mol. The van der Waals surface area contributed by atoms with Crippen molar-refractivity contribution in [3.8, 4) is 5.75 Å². The molecule has 7 heteroatoms. The highest BCUT2D eigenvalue weighted by Crippen LogP contribution is 2.37. The molecular formula is C29H22BrClN2O2S. The predicted octanol–water partition coefficient (Wildman–Crippen LogP) is 8.29. The summed E-state index contributed by atoms with van der Waals surface area (Å²) in [6.45, 7) is 2.50. The number of ether oxygens (including phenoxy) is 1. The second-order valence-corrected chi connectivity index (χ2v) is 10.6. The molecule has 5 rings (SSSR count). The molecule has 1 aliphatic rings. The third-order valence-corrected chi connectivity index (χ3v) is 7.52. The normalized spacial score (nSPS) is 15.6. The van der Waals surface area contributed by atoms with Crippen LogP contribution in [-0.2, 0) is 17.8 Å². The van der Waals surface area contributed by atoms with E-state index in [1.807, 2.05) is 42.5 Å². The highest BCUT2D eigenvalue weighted by atomic mass is 79.9. The second kappa shape index (κ2) is 10.9. The van der Waals surface area contributed by atoms with Gasteiger partial charge < -0.3 is 10.1 Å². The van der Waals surface area contributed by atoms with Crippen LogP contribution in [0.5, 0.6) is 5.75 Å². The lowest BCUT2D eigenvalue weighted by Gasteiger charge is -2.12. The first-order chi connectivity index (χ1) is 17.5. The lowest BCUT2D eigenvalue weighted by atomic mass is 10.1. The number of thioether (sulfide) groups is 1. The number of amidine groups is 1. The van der Waals surface area contributed by atoms with Crippen LogP contribution in [-0.4, -0.2) is 11.1 Å². The van der Waals surface area contributed by atoms with Crippen molar-refractivity contribution < 1.29 is 9.53 Å². The van der Waals surface area contributed by atoms with Gasteiger partial charge in [0.15, 0.2) is 10.9 Å². The number of halogens is 2. The van der Waals surface area contributed by atoms with Crippen molar-refractivity contribution in [2.24, 2.45) is 4.99 Å². The number of nitrogens with one attached hydrogen (secondary N) is 1. The molecule has 1 N–H and O–H groups in total. The van der Waals surface area contributed by atoms with Gasteiger partial charge in [-0.3, -0.25) is 4.79 Å². The Morgan fingerprint density at radius 3 is 2.50 bits per heavy atom. The van der Waals surface area contributed by atoms with Gasteiger partial charge in [-0.2, -0.15) is 0 Å². The summed E-state index contributed by atoms with van der Waals surface area (Å²) < 4.78 is 6.76. The molecule has 0 atom stereocenters. The van der Waals surface area contributed by atoms with Crippen molar-refractivity contribution in [3.63, 3.8) is 0 Å². The molecule has 180 valence electrons. The van der Waals surface area contributed by atoms with Crippen LogP contribution in [0, 0.1) is 0 Å². The van der Waals surface area contributed by atoms with Gasteiger partial charge in [-0.05, 0) is 98.0 Å². The zero-order valence-corrected chi connectivity index (χ0v) is 22.6. The number of carbonyl (C=O) groups excluding carboxylic acids is 1. The topological polar surface area (TPSA) is 50.7 Å². The zero-order valence-electron chi connectivity index (χ0n) is 19.4. The number of fused-ring (bicyclic) bond motifs is 1. The number of carbonyl (C=O) groups is 1. The Hall–Kier alpha value is -3.06. The van der Waals surface area contributed by atoms with Crippen LogP contribution in [0.1, 0.15) is 23.6 Å². The van der Waals surface area contributed by atoms with Gasteiger partial charge in [-0.15, -0.1) is 0 Å². The van der Waals surface area contributed by atoms with Gasteiger partial charge >= 0.3 is 0 Å². The minimum atomic E-state index is -0.187. The van der Waals surface area contributed by atoms with Gasteiger partial charge in [0, 0.05) is 0 Å². The highest BCUT2D eigenvalue weighted by Gasteiger charge is 2.24. The molecule has 4 aromatic carbocycles. The van der Waals surface area contributed by atoms with E-state index in [1.54, 1.807) is 12.1 Å². The summed E-state index contributed by atoms with van der Waals surface area (Å²) in [4.78, 5) is 17.6. The fraction of sp³-hybridized carbons (Fsp3) is 0.103. The van der Waals surface area contributed by atoms with Gasteiger partial charge in [0.1, 0.15) is 6.61 Å². The largest absolute Gasteiger partial charge is 0.486 e. The maximum atomic E-state index is 12.5. The fourth-order valence-electron chi connectivity index (χ4n) is 3.84. The van der Waals surface area contributed by atoms with E-state index in [-0.39, 0.29) is 5.91 Å². The first kappa shape index (κ1) is 24.6. The Balaban J connectivity index is 1.30. The Labute approximate surface area is 227 Å². The molecule has 0 aliphatic carbocycles. The third-order valence-electron chi connectivity index (χ3n) is 5.74. The van der Waals surface area contributed by atoms with Crippen molar-refractivity contribution >= 4 is 72.9 Å². The number of aliphatic imine (C=N–C) groups is 1. The lowest BCUT2D eigenvalue weighted by Crippen LogP contribution is -2.19. The number of amides is 1. The Morgan fingerprint density at radius 2 is 1.75 bits per heavy atom. The molecule has 0 radical (unpaired) electrons. The van der Waals surface area contributed by atoms with E-state index < -0.39 is 0 Å². The SMILES string of the molecule is CCc1ccc(N=C2NC(=O)/C(=C/c3cc(Cl)c(OCc4ccc5ccccc5c4)c(Br)c3)S2)cc1. The standard InChI is InChI=1S/C29H22BrClN2O2S/c1-2-18-8-11-23(12-9-18)32-29-33-28(34)26(36-29)16-20-14-24(30)27(25(31)15-20)35-17-19-7-10-21-5-3-4-6-22(21)13-19/h3-16H,2,17H2,1H3,(H,32,33,34)/b26-16-. The molecule has 0 spiro atoms. The van der Waals surface area contributed by atoms with Gasteiger partial charge in [-0.25, -0.2) is 4.99 Å². The molecule has 0 saturated carbocycles. The van der Waals surface area contributed by atoms with Crippen LogP contribution in [0.4, 0.5) is 5.69 Å². The molecule has 4 nitrogen and oxygen atoms in total. The Morgan fingerprint density at radius 1 is 1.00 bits per heavy atom. The summed E-state index contributed by atoms with van der Waals surface area (Å²) in [6, 6.07) is 26.1. The van der Waals surface area contributed by atoms with Crippen LogP contribution in [0.25, 0.3) is 16.8 Å². The summed E-state index contributed by atoms with van der Waals surface area (Å²) >= 11 is 11.4. The van der Waals surface area contributed by atoms with E-state index in [0.717, 1.165) is 27.7 Å². The maximum Gasteiger partial charge on any atom is 0.264 e. The average Bonchev–Trinajstić information content (AvgIpc) is 3.22. The van der Waals surface area contributed by atoms with E-state index in [0.29, 0.717) is 27.5 Å². The fourth-order valence-corrected chi connectivity index (χ4v) is 5.67. The predicted molar refractivity (Wildman–Crippen MR) is 154 cm³/mol. The van der Waals surface area contributed by atoms with Gasteiger partial charge in [0.05, 0.1) is 20.1 Å². The summed E-state index contributed by atoms with van der Waals surface area (Å²) in [6.07, 6.45) is 2.77. The average molecular weight is 578 g/mol. The minimum absolute atomic E-state index is 0.187. The summed E-state index contributed by atoms with van der Waals surface area (Å²) in [5, 5.41) is 6.20. The molecule has 1 saturated heterocycles. The molecule has 1 amide bonds. The van der Waals surface area contributed by atoms with Crippen molar-refractivity contribution in [2.75, 3.05) is 0 Å². The molecule has 0 aromatic heterocycles. The molecular weight excluding hydrogens is 556 g/mol. The first-order valence-electron chi connectivity index (χ1n) is 11.5. The van der Waals surface area contributed by atoms with E-state index in [9.17, 15) is 4.79 Å². The van der Waals surface area contributed by atoms with Crippen molar-refractivity contribution in [1.29, 1.82) is 0 Å². The molecule has 0 unspecified atom stereocenters. The van der Waals surface area contributed by atoms with Gasteiger partial charge in [-0.1, -0.05) is 67.1 Å². The van der Waals surface area contributed by atoms with Crippen LogP contribution < -0.4 is 10.1 Å². The number of hydrogen-bond acceptors (Lipinski definition) is 4. The number of nitrogens with zero attached hydrogens (tertiary/aromatic N) is 1. The van der Waals surface area contributed by atoms with Crippen LogP contribution in [0.3, 0.4) is 0 Å². The summed E-state index contributed by atoms with van der Waals surface area (Å²) in [5.74, 6) is 0.376. The molecule has 1 fully saturated rings. The number of benzene rings is 4. The van der Waals surface area contributed by atoms with E-state index in [1.165, 1.54) is 28.1 Å². The molecule has 1 heterocycles. The molecule has 0 bridgehead atoms. The second-order valence-electron chi connectivity index (χ2n) is 8.29. The quantitative estimate of drug-likeness (QED) is 0.235. The van der Waals surface area contributed by atoms with Crippen molar-refractivity contribution in [2.45, 2.75) is 20.0 Å². The van der Waals surface area contributed by atoms with Crippen LogP contribution in [0.15, 0.2) is 93.2 Å². The third kappa shape index (κ3) is 5.67. The summed E-state index contributed by atoms with van der Waals surface area (Å²) in [7, 11) is 0. The van der Waals surface area contributed by atoms with Crippen LogP contribution >= 0.6 is 39.3 Å². The van der Waals surface area contributed by atoms with Crippen LogP contribution in [0.2, 0.25) is 5.02 Å².